The van der Waals surface area contributed by atoms with E-state index < -0.39 is 0 Å². The molecule has 4 aromatic carbocycles. The molecule has 0 aliphatic rings. The van der Waals surface area contributed by atoms with Crippen molar-refractivity contribution in [3.8, 4) is 50.9 Å². The lowest BCUT2D eigenvalue weighted by Gasteiger charge is -2.08. The van der Waals surface area contributed by atoms with E-state index in [9.17, 15) is 0 Å². The zero-order chi connectivity index (χ0) is 21.0. The van der Waals surface area contributed by atoms with Crippen LogP contribution in [0, 0.1) is 0 Å². The summed E-state index contributed by atoms with van der Waals surface area (Å²) in [5, 5.41) is 8.47. The number of ether oxygens (including phenoxy) is 1. The van der Waals surface area contributed by atoms with Crippen LogP contribution in [0.4, 0.5) is 0 Å². The van der Waals surface area contributed by atoms with Crippen LogP contribution < -0.4 is 4.74 Å². The van der Waals surface area contributed by atoms with E-state index in [1.54, 1.807) is 7.11 Å². The van der Waals surface area contributed by atoms with Crippen LogP contribution in [-0.2, 0) is 0 Å². The highest BCUT2D eigenvalue weighted by molar-refractivity contribution is 5.73. The van der Waals surface area contributed by atoms with Crippen molar-refractivity contribution in [2.45, 2.75) is 0 Å². The lowest BCUT2D eigenvalue weighted by Crippen LogP contribution is -1.87. The first kappa shape index (κ1) is 18.8. The number of methoxy groups -OCH3 is 1. The molecular weight excluding hydrogens is 384 g/mol. The number of hydrogen-bond acceptors (Lipinski definition) is 4. The smallest absolute Gasteiger partial charge is 0.248 e. The van der Waals surface area contributed by atoms with Crippen LogP contribution >= 0.6 is 0 Å². The Kier molecular flexibility index (Phi) is 5.03. The van der Waals surface area contributed by atoms with Crippen molar-refractivity contribution in [2.75, 3.05) is 7.11 Å². The number of benzene rings is 4. The fourth-order valence-corrected chi connectivity index (χ4v) is 3.57. The van der Waals surface area contributed by atoms with Crippen molar-refractivity contribution in [2.24, 2.45) is 0 Å². The summed E-state index contributed by atoms with van der Waals surface area (Å²) in [6.45, 7) is 0. The Morgan fingerprint density at radius 1 is 0.516 bits per heavy atom. The number of para-hydroxylation sites is 1. The van der Waals surface area contributed by atoms with E-state index in [1.165, 1.54) is 5.56 Å². The maximum atomic E-state index is 5.94. The molecule has 0 aliphatic carbocycles. The molecule has 5 rings (SSSR count). The summed E-state index contributed by atoms with van der Waals surface area (Å²) in [7, 11) is 1.68. The molecule has 0 saturated heterocycles. The molecule has 0 unspecified atom stereocenters. The molecular formula is C27H20N2O2. The third kappa shape index (κ3) is 3.83. The topological polar surface area (TPSA) is 48.2 Å². The maximum Gasteiger partial charge on any atom is 0.248 e. The van der Waals surface area contributed by atoms with Crippen LogP contribution in [0.5, 0.6) is 5.75 Å². The quantitative estimate of drug-likeness (QED) is 0.325. The molecule has 0 aliphatic heterocycles. The molecule has 1 aromatic heterocycles. The minimum absolute atomic E-state index is 0.494. The molecule has 0 fully saturated rings. The predicted molar refractivity (Wildman–Crippen MR) is 123 cm³/mol. The van der Waals surface area contributed by atoms with Gasteiger partial charge in [-0.3, -0.25) is 0 Å². The second-order valence-electron chi connectivity index (χ2n) is 7.13. The Bertz CT molecular complexity index is 1290. The highest BCUT2D eigenvalue weighted by Crippen LogP contribution is 2.32. The van der Waals surface area contributed by atoms with Gasteiger partial charge >= 0.3 is 0 Å². The summed E-state index contributed by atoms with van der Waals surface area (Å²) in [5.41, 5.74) is 6.20. The van der Waals surface area contributed by atoms with Gasteiger partial charge in [0.2, 0.25) is 11.8 Å². The van der Waals surface area contributed by atoms with Crippen molar-refractivity contribution in [1.29, 1.82) is 0 Å². The highest BCUT2D eigenvalue weighted by atomic mass is 16.5. The zero-order valence-corrected chi connectivity index (χ0v) is 17.0. The van der Waals surface area contributed by atoms with Gasteiger partial charge in [-0.05, 0) is 47.0 Å². The highest BCUT2D eigenvalue weighted by Gasteiger charge is 2.12. The third-order valence-corrected chi connectivity index (χ3v) is 5.21. The van der Waals surface area contributed by atoms with Crippen molar-refractivity contribution < 1.29 is 9.15 Å². The molecule has 150 valence electrons. The van der Waals surface area contributed by atoms with E-state index in [1.807, 2.05) is 78.9 Å². The molecule has 4 heteroatoms. The van der Waals surface area contributed by atoms with Gasteiger partial charge in [-0.15, -0.1) is 10.2 Å². The number of hydrogen-bond donors (Lipinski definition) is 0. The van der Waals surface area contributed by atoms with Crippen LogP contribution in [0.2, 0.25) is 0 Å². The van der Waals surface area contributed by atoms with Crippen LogP contribution in [-0.4, -0.2) is 17.3 Å². The van der Waals surface area contributed by atoms with Gasteiger partial charge in [0.25, 0.3) is 0 Å². The molecule has 1 heterocycles. The van der Waals surface area contributed by atoms with Gasteiger partial charge < -0.3 is 9.15 Å². The lowest BCUT2D eigenvalue weighted by atomic mass is 10.0. The Hall–Kier alpha value is -4.18. The average molecular weight is 404 g/mol. The number of rotatable bonds is 5. The largest absolute Gasteiger partial charge is 0.496 e. The van der Waals surface area contributed by atoms with Gasteiger partial charge in [-0.2, -0.15) is 0 Å². The van der Waals surface area contributed by atoms with Crippen molar-refractivity contribution in [1.82, 2.24) is 10.2 Å². The first-order valence-corrected chi connectivity index (χ1v) is 10.0. The number of aromatic nitrogens is 2. The molecule has 0 N–H and O–H groups in total. The van der Waals surface area contributed by atoms with Crippen LogP contribution in [0.15, 0.2) is 108 Å². The second-order valence-corrected chi connectivity index (χ2v) is 7.13. The molecule has 4 nitrogen and oxygen atoms in total. The minimum atomic E-state index is 0.494. The number of nitrogens with zero attached hydrogens (tertiary/aromatic N) is 2. The Labute approximate surface area is 180 Å². The Morgan fingerprint density at radius 2 is 1.00 bits per heavy atom. The fraction of sp³-hybridized carbons (Fsp3) is 0.0370. The summed E-state index contributed by atoms with van der Waals surface area (Å²) in [4.78, 5) is 0. The van der Waals surface area contributed by atoms with E-state index >= 15 is 0 Å². The summed E-state index contributed by atoms with van der Waals surface area (Å²) >= 11 is 0. The fourth-order valence-electron chi connectivity index (χ4n) is 3.57. The molecule has 0 radical (unpaired) electrons. The van der Waals surface area contributed by atoms with Gasteiger partial charge in [0.1, 0.15) is 5.75 Å². The van der Waals surface area contributed by atoms with Gasteiger partial charge in [0.05, 0.1) is 7.11 Å². The molecule has 31 heavy (non-hydrogen) atoms. The van der Waals surface area contributed by atoms with Crippen molar-refractivity contribution in [3.63, 3.8) is 0 Å². The summed E-state index contributed by atoms with van der Waals surface area (Å²) < 4.78 is 11.4. The molecule has 0 bridgehead atoms. The zero-order valence-electron chi connectivity index (χ0n) is 17.0. The van der Waals surface area contributed by atoms with E-state index in [2.05, 4.69) is 34.5 Å². The van der Waals surface area contributed by atoms with Gasteiger partial charge in [-0.25, -0.2) is 0 Å². The summed E-state index contributed by atoms with van der Waals surface area (Å²) in [6, 6.07) is 34.4. The molecule has 0 spiro atoms. The third-order valence-electron chi connectivity index (χ3n) is 5.21. The van der Waals surface area contributed by atoms with E-state index in [0.717, 1.165) is 33.6 Å². The normalized spacial score (nSPS) is 10.7. The van der Waals surface area contributed by atoms with Crippen LogP contribution in [0.25, 0.3) is 45.2 Å². The van der Waals surface area contributed by atoms with E-state index in [0.29, 0.717) is 11.8 Å². The monoisotopic (exact) mass is 404 g/mol. The van der Waals surface area contributed by atoms with E-state index in [4.69, 9.17) is 9.15 Å². The maximum absolute atomic E-state index is 5.94. The molecule has 0 atom stereocenters. The molecule has 0 saturated carbocycles. The minimum Gasteiger partial charge on any atom is -0.496 e. The van der Waals surface area contributed by atoms with Crippen molar-refractivity contribution >= 4 is 0 Å². The van der Waals surface area contributed by atoms with Gasteiger partial charge in [0.15, 0.2) is 0 Å². The molecule has 5 aromatic rings. The van der Waals surface area contributed by atoms with Crippen molar-refractivity contribution in [3.05, 3.63) is 103 Å². The Morgan fingerprint density at radius 3 is 1.61 bits per heavy atom. The van der Waals surface area contributed by atoms with Crippen LogP contribution in [0.1, 0.15) is 0 Å². The lowest BCUT2D eigenvalue weighted by molar-refractivity contribution is 0.416. The standard InChI is InChI=1S/C27H20N2O2/c1-30-25-10-6-5-9-24(25)21-13-17-23(18-14-21)27-29-28-26(31-27)22-15-11-20(12-16-22)19-7-3-2-4-8-19/h2-18H,1H3. The van der Waals surface area contributed by atoms with Gasteiger partial charge in [-0.1, -0.05) is 72.8 Å². The average Bonchev–Trinajstić information content (AvgIpc) is 3.35. The van der Waals surface area contributed by atoms with E-state index in [-0.39, 0.29) is 0 Å². The van der Waals surface area contributed by atoms with Crippen LogP contribution in [0.3, 0.4) is 0 Å². The first-order chi connectivity index (χ1) is 15.3. The second kappa shape index (κ2) is 8.28. The first-order valence-electron chi connectivity index (χ1n) is 10.0. The summed E-state index contributed by atoms with van der Waals surface area (Å²) in [6.07, 6.45) is 0. The van der Waals surface area contributed by atoms with Gasteiger partial charge in [0, 0.05) is 16.7 Å². The Balaban J connectivity index is 1.38. The summed E-state index contributed by atoms with van der Waals surface area (Å²) in [5.74, 6) is 1.84. The predicted octanol–water partition coefficient (Wildman–Crippen LogP) is 6.75. The SMILES string of the molecule is COc1ccccc1-c1ccc(-c2nnc(-c3ccc(-c4ccccc4)cc3)o2)cc1. The molecule has 0 amide bonds.